The molecule has 1 fully saturated rings. The Morgan fingerprint density at radius 2 is 1.89 bits per heavy atom. The fourth-order valence-electron chi connectivity index (χ4n) is 2.01. The van der Waals surface area contributed by atoms with Gasteiger partial charge in [0.05, 0.1) is 4.90 Å². The average Bonchev–Trinajstić information content (AvgIpc) is 2.27. The normalized spacial score (nSPS) is 17.4. The summed E-state index contributed by atoms with van der Waals surface area (Å²) in [6, 6.07) is 5.15. The van der Waals surface area contributed by atoms with Crippen LogP contribution in [-0.4, -0.2) is 20.5 Å². The van der Waals surface area contributed by atoms with Gasteiger partial charge in [-0.2, -0.15) is 0 Å². The minimum Gasteiger partial charge on any atom is -0.324 e. The van der Waals surface area contributed by atoms with E-state index in [1.165, 1.54) is 0 Å². The lowest BCUT2D eigenvalue weighted by molar-refractivity contribution is 0.251. The lowest BCUT2D eigenvalue weighted by atomic mass is 9.78. The maximum absolute atomic E-state index is 12.1. The Kier molecular flexibility index (Phi) is 5.01. The molecule has 0 heterocycles. The summed E-state index contributed by atoms with van der Waals surface area (Å²) in [6.45, 7) is 4.19. The lowest BCUT2D eigenvalue weighted by Gasteiger charge is -2.38. The highest BCUT2D eigenvalue weighted by Gasteiger charge is 2.33. The molecule has 0 saturated heterocycles. The molecule has 0 unspecified atom stereocenters. The SMILES string of the molecule is Cc1ccc(S(=O)(=O)NCC2(N)CCC2)cc1C.Cl. The molecule has 1 aromatic rings. The van der Waals surface area contributed by atoms with Crippen molar-refractivity contribution in [2.24, 2.45) is 5.73 Å². The van der Waals surface area contributed by atoms with E-state index in [1.54, 1.807) is 12.1 Å². The van der Waals surface area contributed by atoms with Crippen molar-refractivity contribution in [2.75, 3.05) is 6.54 Å². The van der Waals surface area contributed by atoms with E-state index in [1.807, 2.05) is 19.9 Å². The molecule has 108 valence electrons. The van der Waals surface area contributed by atoms with Crippen LogP contribution < -0.4 is 10.5 Å². The van der Waals surface area contributed by atoms with Gasteiger partial charge in [-0.1, -0.05) is 6.07 Å². The number of nitrogens with two attached hydrogens (primary N) is 1. The van der Waals surface area contributed by atoms with Gasteiger partial charge in [-0.05, 0) is 56.4 Å². The van der Waals surface area contributed by atoms with E-state index in [4.69, 9.17) is 5.73 Å². The van der Waals surface area contributed by atoms with E-state index in [0.29, 0.717) is 11.4 Å². The number of benzene rings is 1. The predicted molar refractivity (Wildman–Crippen MR) is 79.1 cm³/mol. The second-order valence-electron chi connectivity index (χ2n) is 5.29. The molecule has 4 nitrogen and oxygen atoms in total. The molecular formula is C13H21ClN2O2S. The first kappa shape index (κ1) is 16.4. The van der Waals surface area contributed by atoms with E-state index in [0.717, 1.165) is 30.4 Å². The van der Waals surface area contributed by atoms with Gasteiger partial charge in [-0.3, -0.25) is 0 Å². The first-order valence-corrected chi connectivity index (χ1v) is 7.67. The Morgan fingerprint density at radius 1 is 1.26 bits per heavy atom. The van der Waals surface area contributed by atoms with Gasteiger partial charge < -0.3 is 5.73 Å². The van der Waals surface area contributed by atoms with Crippen LogP contribution in [0.4, 0.5) is 0 Å². The first-order chi connectivity index (χ1) is 8.32. The summed E-state index contributed by atoms with van der Waals surface area (Å²) in [4.78, 5) is 0.313. The Labute approximate surface area is 121 Å². The number of aryl methyl sites for hydroxylation is 2. The van der Waals surface area contributed by atoms with Crippen LogP contribution in [0.15, 0.2) is 23.1 Å². The van der Waals surface area contributed by atoms with Gasteiger partial charge in [-0.25, -0.2) is 13.1 Å². The van der Waals surface area contributed by atoms with Crippen LogP contribution in [0.2, 0.25) is 0 Å². The molecule has 6 heteroatoms. The van der Waals surface area contributed by atoms with Crippen LogP contribution >= 0.6 is 12.4 Å². The lowest BCUT2D eigenvalue weighted by Crippen LogP contribution is -2.54. The number of hydrogen-bond acceptors (Lipinski definition) is 3. The number of sulfonamides is 1. The Balaban J connectivity index is 0.00000180. The molecule has 19 heavy (non-hydrogen) atoms. The standard InChI is InChI=1S/C13H20N2O2S.ClH/c1-10-4-5-12(8-11(10)2)18(16,17)15-9-13(14)6-3-7-13;/h4-5,8,15H,3,6-7,9,14H2,1-2H3;1H. The second-order valence-corrected chi connectivity index (χ2v) is 7.05. The van der Waals surface area contributed by atoms with Crippen molar-refractivity contribution < 1.29 is 8.42 Å². The zero-order chi connectivity index (χ0) is 13.4. The highest BCUT2D eigenvalue weighted by atomic mass is 35.5. The fourth-order valence-corrected chi connectivity index (χ4v) is 3.23. The molecule has 1 saturated carbocycles. The fraction of sp³-hybridized carbons (Fsp3) is 0.538. The number of nitrogens with one attached hydrogen (secondary N) is 1. The van der Waals surface area contributed by atoms with Crippen molar-refractivity contribution in [1.82, 2.24) is 4.72 Å². The van der Waals surface area contributed by atoms with Crippen molar-refractivity contribution in [3.05, 3.63) is 29.3 Å². The predicted octanol–water partition coefficient (Wildman–Crippen LogP) is 1.88. The van der Waals surface area contributed by atoms with Gasteiger partial charge in [0.2, 0.25) is 10.0 Å². The van der Waals surface area contributed by atoms with Crippen LogP contribution in [-0.2, 0) is 10.0 Å². The van der Waals surface area contributed by atoms with Crippen LogP contribution in [0, 0.1) is 13.8 Å². The maximum Gasteiger partial charge on any atom is 0.240 e. The number of hydrogen-bond donors (Lipinski definition) is 2. The molecule has 0 spiro atoms. The van der Waals surface area contributed by atoms with E-state index in [-0.39, 0.29) is 17.9 Å². The van der Waals surface area contributed by atoms with Gasteiger partial charge in [0.25, 0.3) is 0 Å². The minimum absolute atomic E-state index is 0. The van der Waals surface area contributed by atoms with Crippen molar-refractivity contribution in [3.63, 3.8) is 0 Å². The molecule has 0 radical (unpaired) electrons. The van der Waals surface area contributed by atoms with E-state index in [9.17, 15) is 8.42 Å². The molecule has 0 aliphatic heterocycles. The van der Waals surface area contributed by atoms with Gasteiger partial charge >= 0.3 is 0 Å². The van der Waals surface area contributed by atoms with Gasteiger partial charge in [0.15, 0.2) is 0 Å². The Morgan fingerprint density at radius 3 is 2.37 bits per heavy atom. The maximum atomic E-state index is 12.1. The molecule has 1 aromatic carbocycles. The largest absolute Gasteiger partial charge is 0.324 e. The average molecular weight is 305 g/mol. The number of rotatable bonds is 4. The van der Waals surface area contributed by atoms with Crippen LogP contribution in [0.3, 0.4) is 0 Å². The van der Waals surface area contributed by atoms with Crippen molar-refractivity contribution in [1.29, 1.82) is 0 Å². The monoisotopic (exact) mass is 304 g/mol. The molecule has 0 aromatic heterocycles. The van der Waals surface area contributed by atoms with E-state index < -0.39 is 10.0 Å². The van der Waals surface area contributed by atoms with Crippen molar-refractivity contribution in [3.8, 4) is 0 Å². The molecule has 1 aliphatic carbocycles. The molecule has 0 amide bonds. The minimum atomic E-state index is -3.44. The van der Waals surface area contributed by atoms with Gasteiger partial charge in [0, 0.05) is 12.1 Å². The van der Waals surface area contributed by atoms with E-state index >= 15 is 0 Å². The molecule has 1 aliphatic rings. The Bertz CT molecular complexity index is 554. The smallest absolute Gasteiger partial charge is 0.240 e. The second kappa shape index (κ2) is 5.79. The summed E-state index contributed by atoms with van der Waals surface area (Å²) in [7, 11) is -3.44. The van der Waals surface area contributed by atoms with Gasteiger partial charge in [0.1, 0.15) is 0 Å². The summed E-state index contributed by atoms with van der Waals surface area (Å²) in [5, 5.41) is 0. The highest BCUT2D eigenvalue weighted by Crippen LogP contribution is 2.28. The third-order valence-electron chi connectivity index (χ3n) is 3.75. The summed E-state index contributed by atoms with van der Waals surface area (Å²) in [5.74, 6) is 0. The summed E-state index contributed by atoms with van der Waals surface area (Å²) in [6.07, 6.45) is 2.87. The molecule has 0 bridgehead atoms. The zero-order valence-electron chi connectivity index (χ0n) is 11.3. The summed E-state index contributed by atoms with van der Waals surface area (Å²) in [5.41, 5.74) is 7.74. The Hall–Kier alpha value is -0.620. The third kappa shape index (κ3) is 3.69. The van der Waals surface area contributed by atoms with Crippen LogP contribution in [0.5, 0.6) is 0 Å². The first-order valence-electron chi connectivity index (χ1n) is 6.18. The number of halogens is 1. The zero-order valence-corrected chi connectivity index (χ0v) is 12.9. The summed E-state index contributed by atoms with van der Waals surface area (Å²) >= 11 is 0. The van der Waals surface area contributed by atoms with Gasteiger partial charge in [-0.15, -0.1) is 12.4 Å². The third-order valence-corrected chi connectivity index (χ3v) is 5.15. The van der Waals surface area contributed by atoms with Crippen molar-refractivity contribution >= 4 is 22.4 Å². The molecular weight excluding hydrogens is 284 g/mol. The molecule has 2 rings (SSSR count). The van der Waals surface area contributed by atoms with Crippen molar-refractivity contribution in [2.45, 2.75) is 43.5 Å². The topological polar surface area (TPSA) is 72.2 Å². The van der Waals surface area contributed by atoms with E-state index in [2.05, 4.69) is 4.72 Å². The van der Waals surface area contributed by atoms with Crippen LogP contribution in [0.1, 0.15) is 30.4 Å². The summed E-state index contributed by atoms with van der Waals surface area (Å²) < 4.78 is 26.8. The van der Waals surface area contributed by atoms with Crippen LogP contribution in [0.25, 0.3) is 0 Å². The molecule has 0 atom stereocenters. The quantitative estimate of drug-likeness (QED) is 0.892. The molecule has 3 N–H and O–H groups in total. The highest BCUT2D eigenvalue weighted by molar-refractivity contribution is 7.89.